The molecule has 0 saturated carbocycles. The van der Waals surface area contributed by atoms with E-state index in [1.165, 1.54) is 19.5 Å². The van der Waals surface area contributed by atoms with Gasteiger partial charge in [0.25, 0.3) is 0 Å². The predicted molar refractivity (Wildman–Crippen MR) is 31.1 cm³/mol. The zero-order chi connectivity index (χ0) is 6.69. The summed E-state index contributed by atoms with van der Waals surface area (Å²) in [5.41, 5.74) is 0. The molecule has 0 aliphatic carbocycles. The lowest BCUT2D eigenvalue weighted by molar-refractivity contribution is 0.169. The number of aromatic nitrogens is 2. The fourth-order valence-corrected chi connectivity index (χ4v) is 0.470. The van der Waals surface area contributed by atoms with Gasteiger partial charge in [-0.25, -0.2) is 4.79 Å². The van der Waals surface area contributed by atoms with E-state index in [0.29, 0.717) is 0 Å². The zero-order valence-corrected chi connectivity index (χ0v) is 4.94. The lowest BCUT2D eigenvalue weighted by atomic mass is 10.8. The zero-order valence-electron chi connectivity index (χ0n) is 5.94. The molecule has 1 aromatic rings. The predicted octanol–water partition coefficient (Wildman–Crippen LogP) is 0.610. The van der Waals surface area contributed by atoms with Gasteiger partial charge >= 0.3 is 7.52 Å². The van der Waals surface area contributed by atoms with E-state index < -0.39 is 6.09 Å². The molecule has 0 spiro atoms. The third-order valence-electron chi connectivity index (χ3n) is 0.866. The molecule has 48 valence electrons. The summed E-state index contributed by atoms with van der Waals surface area (Å²) in [6.07, 6.45) is 2.56. The van der Waals surface area contributed by atoms with Gasteiger partial charge in [-0.05, 0) is 6.07 Å². The molecular formula is C5H7N2O2+. The van der Waals surface area contributed by atoms with Crippen molar-refractivity contribution >= 4 is 6.09 Å². The lowest BCUT2D eigenvalue weighted by Gasteiger charge is -1.93. The van der Waals surface area contributed by atoms with Crippen LogP contribution in [0.5, 0.6) is 0 Å². The summed E-state index contributed by atoms with van der Waals surface area (Å²) in [7, 11) is 1.31. The number of ether oxygens (including phenoxy) is 1. The Labute approximate surface area is 53.5 Å². The number of hydrogen-bond acceptors (Lipinski definition) is 3. The number of carbonyl (C=O) groups is 1. The molecule has 0 unspecified atom stereocenters. The summed E-state index contributed by atoms with van der Waals surface area (Å²) in [5, 5.41) is 3.63. The van der Waals surface area contributed by atoms with E-state index in [1.807, 2.05) is 0 Å². The summed E-state index contributed by atoms with van der Waals surface area (Å²) in [6, 6.07) is 1.65. The molecule has 0 aliphatic rings. The minimum Gasteiger partial charge on any atom is -0.451 e. The Morgan fingerprint density at radius 1 is 1.89 bits per heavy atom. The minimum atomic E-state index is -0.472. The Morgan fingerprint density at radius 2 is 2.67 bits per heavy atom. The molecule has 0 amide bonds. The summed E-state index contributed by atoms with van der Waals surface area (Å²) in [4.78, 5) is 10.6. The Kier molecular flexibility index (Phi) is 1.48. The Hall–Kier alpha value is -1.32. The number of carbonyl (C=O) groups excluding carboxylic acids is 1. The van der Waals surface area contributed by atoms with E-state index in [2.05, 4.69) is 9.84 Å². The van der Waals surface area contributed by atoms with Gasteiger partial charge < -0.3 is 4.74 Å². The molecule has 4 nitrogen and oxygen atoms in total. The van der Waals surface area contributed by atoms with Crippen molar-refractivity contribution in [3.05, 3.63) is 18.5 Å². The summed E-state index contributed by atoms with van der Waals surface area (Å²) in [5.74, 6) is 0. The van der Waals surface area contributed by atoms with Crippen LogP contribution in [-0.4, -0.2) is 23.0 Å². The molecule has 4 heteroatoms. The highest BCUT2D eigenvalue weighted by Gasteiger charge is 1.99. The Balaban J connectivity index is 0.000000810. The first-order valence-corrected chi connectivity index (χ1v) is 2.42. The van der Waals surface area contributed by atoms with E-state index in [-0.39, 0.29) is 1.43 Å². The first kappa shape index (κ1) is 5.81. The van der Waals surface area contributed by atoms with Crippen LogP contribution in [0.25, 0.3) is 0 Å². The van der Waals surface area contributed by atoms with Crippen LogP contribution >= 0.6 is 0 Å². The molecule has 0 bridgehead atoms. The molecule has 0 radical (unpaired) electrons. The third kappa shape index (κ3) is 1.07. The van der Waals surface area contributed by atoms with Crippen LogP contribution < -0.4 is 0 Å². The fraction of sp³-hybridized carbons (Fsp3) is 0.200. The van der Waals surface area contributed by atoms with E-state index in [0.717, 1.165) is 4.68 Å². The molecule has 0 aliphatic heterocycles. The van der Waals surface area contributed by atoms with Crippen molar-refractivity contribution in [2.45, 2.75) is 0 Å². The van der Waals surface area contributed by atoms with Crippen molar-refractivity contribution in [1.29, 1.82) is 0 Å². The second-order valence-electron chi connectivity index (χ2n) is 1.42. The van der Waals surface area contributed by atoms with Gasteiger partial charge in [0.2, 0.25) is 0 Å². The second-order valence-corrected chi connectivity index (χ2v) is 1.42. The quantitative estimate of drug-likeness (QED) is 0.512. The topological polar surface area (TPSA) is 44.1 Å². The molecule has 0 fully saturated rings. The highest BCUT2D eigenvalue weighted by atomic mass is 16.5. The molecular weight excluding hydrogens is 120 g/mol. The van der Waals surface area contributed by atoms with Crippen molar-refractivity contribution in [2.75, 3.05) is 7.11 Å². The maximum atomic E-state index is 10.6. The Bertz CT molecular complexity index is 197. The van der Waals surface area contributed by atoms with Crippen LogP contribution in [0.3, 0.4) is 0 Å². The Morgan fingerprint density at radius 3 is 3.11 bits per heavy atom. The maximum absolute atomic E-state index is 10.6. The van der Waals surface area contributed by atoms with Crippen LogP contribution in [0, 0.1) is 0 Å². The number of nitrogens with zero attached hydrogens (tertiary/aromatic N) is 2. The second kappa shape index (κ2) is 2.30. The molecule has 1 heterocycles. The van der Waals surface area contributed by atoms with Crippen LogP contribution in [0.2, 0.25) is 0 Å². The molecule has 0 saturated heterocycles. The maximum Gasteiger partial charge on any atom is 1.00 e. The van der Waals surface area contributed by atoms with Crippen molar-refractivity contribution in [3.8, 4) is 0 Å². The molecule has 1 rings (SSSR count). The van der Waals surface area contributed by atoms with Crippen molar-refractivity contribution in [1.82, 2.24) is 9.78 Å². The van der Waals surface area contributed by atoms with Gasteiger partial charge in [0.05, 0.1) is 7.11 Å². The number of methoxy groups -OCH3 is 1. The summed E-state index contributed by atoms with van der Waals surface area (Å²) >= 11 is 0. The highest BCUT2D eigenvalue weighted by molar-refractivity contribution is 5.68. The lowest BCUT2D eigenvalue weighted by Crippen LogP contribution is -2.10. The summed E-state index contributed by atoms with van der Waals surface area (Å²) in [6.45, 7) is 0. The monoisotopic (exact) mass is 127 g/mol. The first-order chi connectivity index (χ1) is 4.34. The molecule has 0 N–H and O–H groups in total. The van der Waals surface area contributed by atoms with Crippen LogP contribution in [-0.2, 0) is 4.74 Å². The van der Waals surface area contributed by atoms with Gasteiger partial charge in [0, 0.05) is 12.4 Å². The van der Waals surface area contributed by atoms with Gasteiger partial charge in [0.1, 0.15) is 0 Å². The minimum absolute atomic E-state index is 0. The van der Waals surface area contributed by atoms with Gasteiger partial charge in [-0.2, -0.15) is 9.78 Å². The number of rotatable bonds is 0. The highest BCUT2D eigenvalue weighted by Crippen LogP contribution is 1.84. The average molecular weight is 127 g/mol. The van der Waals surface area contributed by atoms with Crippen molar-refractivity contribution in [2.24, 2.45) is 0 Å². The molecule has 0 aromatic carbocycles. The van der Waals surface area contributed by atoms with E-state index in [4.69, 9.17) is 0 Å². The third-order valence-corrected chi connectivity index (χ3v) is 0.866. The van der Waals surface area contributed by atoms with E-state index >= 15 is 0 Å². The summed E-state index contributed by atoms with van der Waals surface area (Å²) < 4.78 is 5.47. The largest absolute Gasteiger partial charge is 1.00 e. The van der Waals surface area contributed by atoms with E-state index in [1.54, 1.807) is 6.07 Å². The van der Waals surface area contributed by atoms with Crippen molar-refractivity contribution < 1.29 is 11.0 Å². The van der Waals surface area contributed by atoms with Gasteiger partial charge in [0.15, 0.2) is 0 Å². The van der Waals surface area contributed by atoms with Gasteiger partial charge in [-0.15, -0.1) is 0 Å². The standard InChI is InChI=1S/C5H6N2O2/c1-9-5(8)7-4-2-3-6-7/h2-4H,1H3/p+1. The van der Waals surface area contributed by atoms with Gasteiger partial charge in [-0.3, -0.25) is 0 Å². The SMILES string of the molecule is COC(=O)n1cccn1.[H+]. The number of hydrogen-bond donors (Lipinski definition) is 0. The first-order valence-electron chi connectivity index (χ1n) is 2.42. The fourth-order valence-electron chi connectivity index (χ4n) is 0.470. The smallest absolute Gasteiger partial charge is 0.451 e. The van der Waals surface area contributed by atoms with Crippen LogP contribution in [0.1, 0.15) is 1.43 Å². The molecule has 1 aromatic heterocycles. The molecule has 9 heavy (non-hydrogen) atoms. The van der Waals surface area contributed by atoms with Crippen LogP contribution in [0.4, 0.5) is 4.79 Å². The van der Waals surface area contributed by atoms with E-state index in [9.17, 15) is 4.79 Å². The normalized spacial score (nSPS) is 9.00. The average Bonchev–Trinajstić information content (AvgIpc) is 2.37. The van der Waals surface area contributed by atoms with Crippen molar-refractivity contribution in [3.63, 3.8) is 0 Å². The van der Waals surface area contributed by atoms with Crippen LogP contribution in [0.15, 0.2) is 18.5 Å². The van der Waals surface area contributed by atoms with Gasteiger partial charge in [-0.1, -0.05) is 0 Å². The molecule has 0 atom stereocenters.